The molecule has 0 bridgehead atoms. The lowest BCUT2D eigenvalue weighted by molar-refractivity contribution is 0.555. The molecule has 1 aromatic heterocycles. The Morgan fingerprint density at radius 1 is 1.33 bits per heavy atom. The molecule has 0 aliphatic heterocycles. The molecule has 96 valence electrons. The Kier molecular flexibility index (Phi) is 4.39. The Labute approximate surface area is 113 Å². The molecule has 2 N–H and O–H groups in total. The van der Waals surface area contributed by atoms with Gasteiger partial charge in [0.25, 0.3) is 0 Å². The van der Waals surface area contributed by atoms with Gasteiger partial charge in [0.05, 0.1) is 16.9 Å². The molecule has 0 aliphatic rings. The molecule has 0 saturated heterocycles. The maximum Gasteiger partial charge on any atom is 0.0818 e. The Morgan fingerprint density at radius 3 is 2.72 bits per heavy atom. The Bertz CT molecular complexity index is 493. The molecule has 0 aliphatic carbocycles. The zero-order valence-corrected chi connectivity index (χ0v) is 11.3. The summed E-state index contributed by atoms with van der Waals surface area (Å²) in [6.07, 6.45) is 3.44. The summed E-state index contributed by atoms with van der Waals surface area (Å²) in [6.45, 7) is 3.00. The largest absolute Gasteiger partial charge is 0.324 e. The van der Waals surface area contributed by atoms with Gasteiger partial charge in [0, 0.05) is 19.0 Å². The number of halogens is 1. The minimum absolute atomic E-state index is 0.0454. The van der Waals surface area contributed by atoms with Crippen molar-refractivity contribution in [1.82, 2.24) is 9.78 Å². The second kappa shape index (κ2) is 6.03. The molecule has 1 unspecified atom stereocenters. The van der Waals surface area contributed by atoms with Gasteiger partial charge >= 0.3 is 0 Å². The molecular formula is C14H18ClN3. The van der Waals surface area contributed by atoms with Gasteiger partial charge in [-0.05, 0) is 12.0 Å². The molecule has 2 rings (SSSR count). The van der Waals surface area contributed by atoms with Gasteiger partial charge in [0.1, 0.15) is 0 Å². The second-order valence-corrected chi connectivity index (χ2v) is 4.79. The maximum atomic E-state index is 6.22. The van der Waals surface area contributed by atoms with E-state index in [9.17, 15) is 0 Å². The van der Waals surface area contributed by atoms with Gasteiger partial charge in [-0.1, -0.05) is 48.9 Å². The first-order valence-electron chi connectivity index (χ1n) is 6.23. The summed E-state index contributed by atoms with van der Waals surface area (Å²) in [6, 6.07) is 10.0. The monoisotopic (exact) mass is 263 g/mol. The van der Waals surface area contributed by atoms with Gasteiger partial charge in [0.2, 0.25) is 0 Å². The van der Waals surface area contributed by atoms with Crippen molar-refractivity contribution in [2.45, 2.75) is 32.4 Å². The van der Waals surface area contributed by atoms with Gasteiger partial charge in [-0.25, -0.2) is 0 Å². The molecular weight excluding hydrogens is 246 g/mol. The first-order chi connectivity index (χ1) is 8.72. The van der Waals surface area contributed by atoms with E-state index in [0.717, 1.165) is 24.2 Å². The van der Waals surface area contributed by atoms with Crippen LogP contribution in [0.4, 0.5) is 0 Å². The smallest absolute Gasteiger partial charge is 0.0818 e. The third-order valence-corrected chi connectivity index (χ3v) is 3.29. The van der Waals surface area contributed by atoms with E-state index in [1.807, 2.05) is 35.0 Å². The van der Waals surface area contributed by atoms with Crippen LogP contribution < -0.4 is 5.73 Å². The van der Waals surface area contributed by atoms with Crippen molar-refractivity contribution in [1.29, 1.82) is 0 Å². The van der Waals surface area contributed by atoms with Crippen molar-refractivity contribution in [2.24, 2.45) is 5.73 Å². The van der Waals surface area contributed by atoms with Crippen LogP contribution in [0.5, 0.6) is 0 Å². The summed E-state index contributed by atoms with van der Waals surface area (Å²) in [5.41, 5.74) is 8.37. The van der Waals surface area contributed by atoms with Gasteiger partial charge in [-0.3, -0.25) is 4.68 Å². The normalized spacial score (nSPS) is 12.6. The number of aromatic nitrogens is 2. The van der Waals surface area contributed by atoms with Crippen LogP contribution in [-0.2, 0) is 13.0 Å². The van der Waals surface area contributed by atoms with Crippen LogP contribution >= 0.6 is 11.6 Å². The van der Waals surface area contributed by atoms with Gasteiger partial charge in [0.15, 0.2) is 0 Å². The molecule has 1 atom stereocenters. The fourth-order valence-electron chi connectivity index (χ4n) is 2.02. The van der Waals surface area contributed by atoms with Crippen LogP contribution in [0.25, 0.3) is 0 Å². The van der Waals surface area contributed by atoms with E-state index in [2.05, 4.69) is 12.0 Å². The highest BCUT2D eigenvalue weighted by molar-refractivity contribution is 6.31. The van der Waals surface area contributed by atoms with E-state index < -0.39 is 0 Å². The van der Waals surface area contributed by atoms with Crippen molar-refractivity contribution < 1.29 is 0 Å². The van der Waals surface area contributed by atoms with Gasteiger partial charge < -0.3 is 5.73 Å². The predicted octanol–water partition coefficient (Wildman–Crippen LogP) is 3.19. The predicted molar refractivity (Wildman–Crippen MR) is 74.6 cm³/mol. The van der Waals surface area contributed by atoms with Crippen LogP contribution in [0, 0.1) is 0 Å². The van der Waals surface area contributed by atoms with Crippen LogP contribution in [0.2, 0.25) is 5.02 Å². The molecule has 0 saturated carbocycles. The fourth-order valence-corrected chi connectivity index (χ4v) is 2.24. The van der Waals surface area contributed by atoms with Gasteiger partial charge in [-0.15, -0.1) is 0 Å². The summed E-state index contributed by atoms with van der Waals surface area (Å²) in [4.78, 5) is 0. The summed E-state index contributed by atoms with van der Waals surface area (Å²) in [5.74, 6) is 0. The highest BCUT2D eigenvalue weighted by Crippen LogP contribution is 2.22. The van der Waals surface area contributed by atoms with E-state index >= 15 is 0 Å². The van der Waals surface area contributed by atoms with Crippen LogP contribution in [0.3, 0.4) is 0 Å². The number of nitrogens with two attached hydrogens (primary N) is 1. The van der Waals surface area contributed by atoms with E-state index in [1.54, 1.807) is 6.20 Å². The molecule has 18 heavy (non-hydrogen) atoms. The lowest BCUT2D eigenvalue weighted by Gasteiger charge is -2.13. The maximum absolute atomic E-state index is 6.22. The molecule has 2 aromatic rings. The van der Waals surface area contributed by atoms with Crippen molar-refractivity contribution >= 4 is 11.6 Å². The number of benzene rings is 1. The highest BCUT2D eigenvalue weighted by Gasteiger charge is 2.14. The minimum atomic E-state index is -0.0454. The molecule has 0 amide bonds. The summed E-state index contributed by atoms with van der Waals surface area (Å²) < 4.78 is 1.95. The highest BCUT2D eigenvalue weighted by atomic mass is 35.5. The zero-order valence-electron chi connectivity index (χ0n) is 10.5. The SMILES string of the molecule is CCCn1ncc(Cl)c1CC(N)c1ccccc1. The van der Waals surface area contributed by atoms with Crippen LogP contribution in [0.1, 0.15) is 30.6 Å². The van der Waals surface area contributed by atoms with E-state index in [0.29, 0.717) is 11.4 Å². The minimum Gasteiger partial charge on any atom is -0.324 e. The summed E-state index contributed by atoms with van der Waals surface area (Å²) in [5, 5.41) is 4.98. The average molecular weight is 264 g/mol. The number of hydrogen-bond acceptors (Lipinski definition) is 2. The fraction of sp³-hybridized carbons (Fsp3) is 0.357. The first-order valence-corrected chi connectivity index (χ1v) is 6.61. The molecule has 3 nitrogen and oxygen atoms in total. The lowest BCUT2D eigenvalue weighted by Crippen LogP contribution is -2.16. The molecule has 0 fully saturated rings. The third-order valence-electron chi connectivity index (χ3n) is 2.97. The van der Waals surface area contributed by atoms with Crippen molar-refractivity contribution in [3.05, 3.63) is 52.8 Å². The molecule has 0 radical (unpaired) electrons. The molecule has 4 heteroatoms. The number of rotatable bonds is 5. The number of nitrogens with zero attached hydrogens (tertiary/aromatic N) is 2. The number of aryl methyl sites for hydroxylation is 1. The van der Waals surface area contributed by atoms with Crippen LogP contribution in [0.15, 0.2) is 36.5 Å². The summed E-state index contributed by atoms with van der Waals surface area (Å²) in [7, 11) is 0. The number of hydrogen-bond donors (Lipinski definition) is 1. The topological polar surface area (TPSA) is 43.8 Å². The average Bonchev–Trinajstić information content (AvgIpc) is 2.73. The molecule has 1 heterocycles. The van der Waals surface area contributed by atoms with Crippen LogP contribution in [-0.4, -0.2) is 9.78 Å². The summed E-state index contributed by atoms with van der Waals surface area (Å²) >= 11 is 6.17. The second-order valence-electron chi connectivity index (χ2n) is 4.38. The first kappa shape index (κ1) is 13.1. The molecule has 0 spiro atoms. The van der Waals surface area contributed by atoms with E-state index in [1.165, 1.54) is 0 Å². The standard InChI is InChI=1S/C14H18ClN3/c1-2-8-18-14(12(15)10-17-18)9-13(16)11-6-4-3-5-7-11/h3-7,10,13H,2,8-9,16H2,1H3. The van der Waals surface area contributed by atoms with Crippen molar-refractivity contribution in [3.63, 3.8) is 0 Å². The van der Waals surface area contributed by atoms with Gasteiger partial charge in [-0.2, -0.15) is 5.10 Å². The van der Waals surface area contributed by atoms with E-state index in [4.69, 9.17) is 17.3 Å². The van der Waals surface area contributed by atoms with Crippen molar-refractivity contribution in [3.8, 4) is 0 Å². The Balaban J connectivity index is 2.16. The quantitative estimate of drug-likeness (QED) is 0.900. The Morgan fingerprint density at radius 2 is 2.06 bits per heavy atom. The lowest BCUT2D eigenvalue weighted by atomic mass is 10.0. The van der Waals surface area contributed by atoms with Crippen molar-refractivity contribution in [2.75, 3.05) is 0 Å². The molecule has 1 aromatic carbocycles. The third kappa shape index (κ3) is 2.92. The van der Waals surface area contributed by atoms with E-state index in [-0.39, 0.29) is 6.04 Å². The zero-order chi connectivity index (χ0) is 13.0. The Hall–Kier alpha value is -1.32.